The van der Waals surface area contributed by atoms with Crippen molar-refractivity contribution in [1.29, 1.82) is 0 Å². The zero-order valence-electron chi connectivity index (χ0n) is 16.1. The molecule has 0 atom stereocenters. The Kier molecular flexibility index (Phi) is 8.37. The Morgan fingerprint density at radius 2 is 1.52 bits per heavy atom. The van der Waals surface area contributed by atoms with Crippen LogP contribution in [0.4, 0.5) is 5.69 Å². The molecule has 0 saturated carbocycles. The fourth-order valence-electron chi connectivity index (χ4n) is 2.44. The van der Waals surface area contributed by atoms with Gasteiger partial charge in [-0.15, -0.1) is 0 Å². The van der Waals surface area contributed by atoms with Gasteiger partial charge in [-0.3, -0.25) is 14.4 Å². The molecule has 0 aliphatic carbocycles. The van der Waals surface area contributed by atoms with Gasteiger partial charge in [0.05, 0.1) is 24.2 Å². The SMILES string of the molecule is CCNC(=O)CNC(=O)COC(=O)c1ccccc1NC(=O)Cc1ccccc1. The second-order valence-electron chi connectivity index (χ2n) is 6.06. The highest BCUT2D eigenvalue weighted by molar-refractivity contribution is 6.02. The van der Waals surface area contributed by atoms with Gasteiger partial charge in [0.2, 0.25) is 11.8 Å². The number of carbonyl (C=O) groups is 4. The zero-order valence-corrected chi connectivity index (χ0v) is 16.1. The molecule has 152 valence electrons. The maximum Gasteiger partial charge on any atom is 0.340 e. The van der Waals surface area contributed by atoms with E-state index in [-0.39, 0.29) is 30.3 Å². The lowest BCUT2D eigenvalue weighted by Gasteiger charge is -2.11. The van der Waals surface area contributed by atoms with E-state index in [1.54, 1.807) is 25.1 Å². The Bertz CT molecular complexity index is 868. The molecule has 8 nitrogen and oxygen atoms in total. The quantitative estimate of drug-likeness (QED) is 0.552. The Hall–Kier alpha value is -3.68. The van der Waals surface area contributed by atoms with Crippen molar-refractivity contribution >= 4 is 29.4 Å². The van der Waals surface area contributed by atoms with E-state index in [0.29, 0.717) is 12.2 Å². The van der Waals surface area contributed by atoms with Crippen molar-refractivity contribution in [3.8, 4) is 0 Å². The fourth-order valence-corrected chi connectivity index (χ4v) is 2.44. The van der Waals surface area contributed by atoms with Crippen LogP contribution in [0.3, 0.4) is 0 Å². The summed E-state index contributed by atoms with van der Waals surface area (Å²) in [6.45, 7) is 1.48. The number of para-hydroxylation sites is 1. The molecule has 3 amide bonds. The highest BCUT2D eigenvalue weighted by atomic mass is 16.5. The Morgan fingerprint density at radius 1 is 0.828 bits per heavy atom. The van der Waals surface area contributed by atoms with Gasteiger partial charge in [0.1, 0.15) is 0 Å². The summed E-state index contributed by atoms with van der Waals surface area (Å²) in [5.41, 5.74) is 1.26. The van der Waals surface area contributed by atoms with E-state index in [2.05, 4.69) is 16.0 Å². The van der Waals surface area contributed by atoms with E-state index in [9.17, 15) is 19.2 Å². The number of rotatable bonds is 9. The summed E-state index contributed by atoms with van der Waals surface area (Å²) in [6.07, 6.45) is 0.159. The van der Waals surface area contributed by atoms with Crippen molar-refractivity contribution < 1.29 is 23.9 Å². The number of esters is 1. The number of amides is 3. The molecule has 0 bridgehead atoms. The summed E-state index contributed by atoms with van der Waals surface area (Å²) in [7, 11) is 0. The molecule has 0 aliphatic heterocycles. The van der Waals surface area contributed by atoms with Crippen LogP contribution >= 0.6 is 0 Å². The second-order valence-corrected chi connectivity index (χ2v) is 6.06. The zero-order chi connectivity index (χ0) is 21.1. The summed E-state index contributed by atoms with van der Waals surface area (Å²) >= 11 is 0. The number of ether oxygens (including phenoxy) is 1. The summed E-state index contributed by atoms with van der Waals surface area (Å²) in [5.74, 6) is -1.97. The van der Waals surface area contributed by atoms with Gasteiger partial charge in [0.25, 0.3) is 5.91 Å². The van der Waals surface area contributed by atoms with Gasteiger partial charge < -0.3 is 20.7 Å². The Balaban J connectivity index is 1.90. The summed E-state index contributed by atoms with van der Waals surface area (Å²) in [4.78, 5) is 47.6. The number of anilines is 1. The van der Waals surface area contributed by atoms with E-state index in [4.69, 9.17) is 4.74 Å². The van der Waals surface area contributed by atoms with E-state index in [1.165, 1.54) is 6.07 Å². The molecule has 0 saturated heterocycles. The lowest BCUT2D eigenvalue weighted by Crippen LogP contribution is -2.38. The number of likely N-dealkylation sites (N-methyl/N-ethyl adjacent to an activating group) is 1. The van der Waals surface area contributed by atoms with Crippen LogP contribution in [-0.2, 0) is 25.5 Å². The van der Waals surface area contributed by atoms with Crippen molar-refractivity contribution in [3.63, 3.8) is 0 Å². The molecule has 29 heavy (non-hydrogen) atoms. The third-order valence-electron chi connectivity index (χ3n) is 3.78. The molecule has 8 heteroatoms. The lowest BCUT2D eigenvalue weighted by atomic mass is 10.1. The molecule has 0 spiro atoms. The van der Waals surface area contributed by atoms with Crippen LogP contribution in [0.5, 0.6) is 0 Å². The van der Waals surface area contributed by atoms with E-state index < -0.39 is 18.5 Å². The minimum Gasteiger partial charge on any atom is -0.452 e. The van der Waals surface area contributed by atoms with Crippen molar-refractivity contribution in [2.45, 2.75) is 13.3 Å². The third-order valence-corrected chi connectivity index (χ3v) is 3.78. The van der Waals surface area contributed by atoms with Crippen LogP contribution < -0.4 is 16.0 Å². The minimum absolute atomic E-state index is 0.130. The number of carbonyl (C=O) groups excluding carboxylic acids is 4. The average molecular weight is 397 g/mol. The van der Waals surface area contributed by atoms with Crippen molar-refractivity contribution in [2.24, 2.45) is 0 Å². The highest BCUT2D eigenvalue weighted by Gasteiger charge is 2.16. The largest absolute Gasteiger partial charge is 0.452 e. The molecule has 0 heterocycles. The number of nitrogens with one attached hydrogen (secondary N) is 3. The van der Waals surface area contributed by atoms with Gasteiger partial charge in [0.15, 0.2) is 6.61 Å². The molecular weight excluding hydrogens is 374 g/mol. The van der Waals surface area contributed by atoms with Gasteiger partial charge in [-0.2, -0.15) is 0 Å². The van der Waals surface area contributed by atoms with Crippen molar-refractivity contribution in [1.82, 2.24) is 10.6 Å². The molecule has 0 aliphatic rings. The molecule has 2 rings (SSSR count). The first-order chi connectivity index (χ1) is 14.0. The highest BCUT2D eigenvalue weighted by Crippen LogP contribution is 2.16. The topological polar surface area (TPSA) is 114 Å². The van der Waals surface area contributed by atoms with Crippen LogP contribution in [0, 0.1) is 0 Å². The average Bonchev–Trinajstić information content (AvgIpc) is 2.71. The van der Waals surface area contributed by atoms with E-state index >= 15 is 0 Å². The van der Waals surface area contributed by atoms with Crippen LogP contribution in [0.1, 0.15) is 22.8 Å². The van der Waals surface area contributed by atoms with Crippen LogP contribution in [-0.4, -0.2) is 43.4 Å². The first-order valence-electron chi connectivity index (χ1n) is 9.13. The predicted molar refractivity (Wildman–Crippen MR) is 107 cm³/mol. The summed E-state index contributed by atoms with van der Waals surface area (Å²) in [6, 6.07) is 15.6. The summed E-state index contributed by atoms with van der Waals surface area (Å²) < 4.78 is 4.99. The van der Waals surface area contributed by atoms with Gasteiger partial charge in [-0.25, -0.2) is 4.79 Å². The molecule has 2 aromatic rings. The number of hydrogen-bond donors (Lipinski definition) is 3. The Morgan fingerprint density at radius 3 is 2.24 bits per heavy atom. The number of benzene rings is 2. The molecule has 3 N–H and O–H groups in total. The molecule has 0 fully saturated rings. The van der Waals surface area contributed by atoms with Gasteiger partial charge in [0, 0.05) is 6.54 Å². The first-order valence-corrected chi connectivity index (χ1v) is 9.13. The second kappa shape index (κ2) is 11.2. The minimum atomic E-state index is -0.756. The van der Waals surface area contributed by atoms with Gasteiger partial charge >= 0.3 is 5.97 Å². The maximum atomic E-state index is 12.3. The standard InChI is InChI=1S/C21H23N3O5/c1-2-22-19(26)13-23-20(27)14-29-21(28)16-10-6-7-11-17(16)24-18(25)12-15-8-4-3-5-9-15/h3-11H,2,12-14H2,1H3,(H,22,26)(H,23,27)(H,24,25). The van der Waals surface area contributed by atoms with Crippen LogP contribution in [0.2, 0.25) is 0 Å². The van der Waals surface area contributed by atoms with Gasteiger partial charge in [-0.1, -0.05) is 42.5 Å². The molecule has 2 aromatic carbocycles. The molecule has 0 aromatic heterocycles. The first kappa shape index (κ1) is 21.6. The van der Waals surface area contributed by atoms with Gasteiger partial charge in [-0.05, 0) is 24.6 Å². The summed E-state index contributed by atoms with van der Waals surface area (Å²) in [5, 5.41) is 7.57. The van der Waals surface area contributed by atoms with E-state index in [0.717, 1.165) is 5.56 Å². The maximum absolute atomic E-state index is 12.3. The lowest BCUT2D eigenvalue weighted by molar-refractivity contribution is -0.127. The van der Waals surface area contributed by atoms with Crippen LogP contribution in [0.15, 0.2) is 54.6 Å². The van der Waals surface area contributed by atoms with Crippen molar-refractivity contribution in [3.05, 3.63) is 65.7 Å². The smallest absolute Gasteiger partial charge is 0.340 e. The van der Waals surface area contributed by atoms with Crippen LogP contribution in [0.25, 0.3) is 0 Å². The molecule has 0 unspecified atom stereocenters. The molecule has 0 radical (unpaired) electrons. The fraction of sp³-hybridized carbons (Fsp3) is 0.238. The molecular formula is C21H23N3O5. The third kappa shape index (κ3) is 7.45. The monoisotopic (exact) mass is 397 g/mol. The number of hydrogen-bond acceptors (Lipinski definition) is 5. The Labute approximate surface area is 168 Å². The predicted octanol–water partition coefficient (Wildman–Crippen LogP) is 1.28. The van der Waals surface area contributed by atoms with Crippen molar-refractivity contribution in [2.75, 3.05) is 25.0 Å². The normalized spacial score (nSPS) is 9.97. The van der Waals surface area contributed by atoms with E-state index in [1.807, 2.05) is 30.3 Å².